The fourth-order valence-electron chi connectivity index (χ4n) is 3.67. The van der Waals surface area contributed by atoms with Gasteiger partial charge in [-0.25, -0.2) is 4.79 Å². The number of esters is 1. The summed E-state index contributed by atoms with van der Waals surface area (Å²) in [6.45, 7) is 0. The van der Waals surface area contributed by atoms with E-state index in [9.17, 15) is 9.59 Å². The van der Waals surface area contributed by atoms with Gasteiger partial charge in [0.05, 0.1) is 12.7 Å². The predicted molar refractivity (Wildman–Crippen MR) is 115 cm³/mol. The van der Waals surface area contributed by atoms with Gasteiger partial charge in [0, 0.05) is 6.42 Å². The zero-order chi connectivity index (χ0) is 20.2. The highest BCUT2D eigenvalue weighted by molar-refractivity contribution is 6.18. The number of amides is 1. The summed E-state index contributed by atoms with van der Waals surface area (Å²) in [7, 11) is 1.33. The maximum atomic E-state index is 13.4. The summed E-state index contributed by atoms with van der Waals surface area (Å²) in [5, 5.41) is 6.57. The molecule has 0 heterocycles. The van der Waals surface area contributed by atoms with Crippen LogP contribution in [-0.2, 0) is 16.0 Å². The number of nitrogens with one attached hydrogen (secondary N) is 1. The molecule has 0 saturated heterocycles. The van der Waals surface area contributed by atoms with Crippen LogP contribution in [0.2, 0.25) is 0 Å². The highest BCUT2D eigenvalue weighted by Crippen LogP contribution is 2.28. The van der Waals surface area contributed by atoms with E-state index in [-0.39, 0.29) is 5.91 Å². The first-order chi connectivity index (χ1) is 14.2. The number of hydrogen-bond donors (Lipinski definition) is 1. The molecule has 4 heteroatoms. The third-order valence-electron chi connectivity index (χ3n) is 5.07. The van der Waals surface area contributed by atoms with Crippen LogP contribution in [0.3, 0.4) is 0 Å². The second-order valence-corrected chi connectivity index (χ2v) is 6.93. The first kappa shape index (κ1) is 18.7. The van der Waals surface area contributed by atoms with E-state index in [1.165, 1.54) is 7.11 Å². The van der Waals surface area contributed by atoms with Crippen molar-refractivity contribution in [2.45, 2.75) is 12.5 Å². The number of benzene rings is 4. The molecule has 0 aliphatic carbocycles. The fourth-order valence-corrected chi connectivity index (χ4v) is 3.67. The average molecular weight is 383 g/mol. The first-order valence-corrected chi connectivity index (χ1v) is 9.50. The molecule has 4 rings (SSSR count). The molecule has 1 N–H and O–H groups in total. The van der Waals surface area contributed by atoms with Crippen LogP contribution in [0.15, 0.2) is 84.9 Å². The van der Waals surface area contributed by atoms with E-state index in [1.807, 2.05) is 78.9 Å². The van der Waals surface area contributed by atoms with Crippen molar-refractivity contribution in [2.75, 3.05) is 7.11 Å². The number of methoxy groups -OCH3 is 1. The van der Waals surface area contributed by atoms with Crippen LogP contribution >= 0.6 is 0 Å². The second-order valence-electron chi connectivity index (χ2n) is 6.93. The first-order valence-electron chi connectivity index (χ1n) is 9.50. The molecule has 1 amide bonds. The number of ether oxygens (including phenoxy) is 1. The summed E-state index contributed by atoms with van der Waals surface area (Å²) >= 11 is 0. The Morgan fingerprint density at radius 1 is 0.828 bits per heavy atom. The van der Waals surface area contributed by atoms with Gasteiger partial charge in [-0.05, 0) is 33.2 Å². The molecular weight excluding hydrogens is 362 g/mol. The van der Waals surface area contributed by atoms with Gasteiger partial charge in [-0.3, -0.25) is 4.79 Å². The van der Waals surface area contributed by atoms with E-state index < -0.39 is 12.0 Å². The second kappa shape index (κ2) is 8.15. The number of fused-ring (bicyclic) bond motifs is 2. The van der Waals surface area contributed by atoms with Crippen molar-refractivity contribution in [1.29, 1.82) is 0 Å². The molecule has 0 spiro atoms. The molecule has 0 bridgehead atoms. The monoisotopic (exact) mass is 383 g/mol. The quantitative estimate of drug-likeness (QED) is 0.408. The third-order valence-corrected chi connectivity index (χ3v) is 5.07. The van der Waals surface area contributed by atoms with E-state index in [2.05, 4.69) is 11.4 Å². The Morgan fingerprint density at radius 3 is 1.97 bits per heavy atom. The molecule has 0 aliphatic heterocycles. The minimum Gasteiger partial charge on any atom is -0.467 e. The van der Waals surface area contributed by atoms with Crippen LogP contribution in [0.1, 0.15) is 15.9 Å². The Labute approximate surface area is 169 Å². The van der Waals surface area contributed by atoms with Crippen molar-refractivity contribution in [3.63, 3.8) is 0 Å². The molecular formula is C25H21NO3. The highest BCUT2D eigenvalue weighted by Gasteiger charge is 2.24. The Morgan fingerprint density at radius 2 is 1.38 bits per heavy atom. The van der Waals surface area contributed by atoms with Gasteiger partial charge in [-0.15, -0.1) is 0 Å². The van der Waals surface area contributed by atoms with Crippen molar-refractivity contribution >= 4 is 33.4 Å². The minimum atomic E-state index is -0.771. The van der Waals surface area contributed by atoms with Crippen LogP contribution in [0.5, 0.6) is 0 Å². The lowest BCUT2D eigenvalue weighted by atomic mass is 9.96. The Hall–Kier alpha value is -3.66. The largest absolute Gasteiger partial charge is 0.467 e. The maximum Gasteiger partial charge on any atom is 0.328 e. The predicted octanol–water partition coefficient (Wildman–Crippen LogP) is 4.51. The lowest BCUT2D eigenvalue weighted by Crippen LogP contribution is -2.43. The molecule has 4 nitrogen and oxygen atoms in total. The van der Waals surface area contributed by atoms with Crippen molar-refractivity contribution in [1.82, 2.24) is 5.32 Å². The van der Waals surface area contributed by atoms with Crippen LogP contribution in [0.4, 0.5) is 0 Å². The van der Waals surface area contributed by atoms with Gasteiger partial charge in [0.1, 0.15) is 6.04 Å². The van der Waals surface area contributed by atoms with Gasteiger partial charge in [0.25, 0.3) is 5.91 Å². The summed E-state index contributed by atoms with van der Waals surface area (Å²) in [4.78, 5) is 25.7. The molecule has 0 fully saturated rings. The van der Waals surface area contributed by atoms with Crippen LogP contribution < -0.4 is 5.32 Å². The molecule has 0 radical (unpaired) electrons. The number of hydrogen-bond acceptors (Lipinski definition) is 3. The molecule has 4 aromatic carbocycles. The van der Waals surface area contributed by atoms with Crippen molar-refractivity contribution < 1.29 is 14.3 Å². The SMILES string of the molecule is COC(=O)[C@@H](Cc1ccccc1)NC(=O)c1c2ccccc2cc2ccccc12. The molecule has 1 atom stereocenters. The van der Waals surface area contributed by atoms with Gasteiger partial charge in [-0.1, -0.05) is 78.9 Å². The Bertz CT molecular complexity index is 1130. The Balaban J connectivity index is 1.75. The molecule has 0 aromatic heterocycles. The lowest BCUT2D eigenvalue weighted by Gasteiger charge is -2.18. The summed E-state index contributed by atoms with van der Waals surface area (Å²) in [6, 6.07) is 26.4. The molecule has 0 unspecified atom stereocenters. The van der Waals surface area contributed by atoms with Gasteiger partial charge in [-0.2, -0.15) is 0 Å². The molecule has 0 aliphatic rings. The van der Waals surface area contributed by atoms with Crippen molar-refractivity contribution in [3.8, 4) is 0 Å². The minimum absolute atomic E-state index is 0.288. The third kappa shape index (κ3) is 3.83. The Kier molecular flexibility index (Phi) is 5.25. The molecule has 0 saturated carbocycles. The summed E-state index contributed by atoms with van der Waals surface area (Å²) in [6.07, 6.45) is 0.363. The fraction of sp³-hybridized carbons (Fsp3) is 0.120. The summed E-state index contributed by atoms with van der Waals surface area (Å²) in [5.74, 6) is -0.754. The van der Waals surface area contributed by atoms with Gasteiger partial charge < -0.3 is 10.1 Å². The van der Waals surface area contributed by atoms with Crippen LogP contribution in [0.25, 0.3) is 21.5 Å². The van der Waals surface area contributed by atoms with Crippen LogP contribution in [-0.4, -0.2) is 25.0 Å². The molecule has 144 valence electrons. The van der Waals surface area contributed by atoms with Gasteiger partial charge >= 0.3 is 5.97 Å². The van der Waals surface area contributed by atoms with Crippen molar-refractivity contribution in [3.05, 3.63) is 96.1 Å². The van der Waals surface area contributed by atoms with E-state index in [0.29, 0.717) is 12.0 Å². The van der Waals surface area contributed by atoms with Crippen LogP contribution in [0, 0.1) is 0 Å². The molecule has 4 aromatic rings. The highest BCUT2D eigenvalue weighted by atomic mass is 16.5. The van der Waals surface area contributed by atoms with Gasteiger partial charge in [0.2, 0.25) is 0 Å². The topological polar surface area (TPSA) is 55.4 Å². The smallest absolute Gasteiger partial charge is 0.328 e. The number of carbonyl (C=O) groups excluding carboxylic acids is 2. The summed E-state index contributed by atoms with van der Waals surface area (Å²) < 4.78 is 4.94. The summed E-state index contributed by atoms with van der Waals surface area (Å²) in [5.41, 5.74) is 1.52. The zero-order valence-corrected chi connectivity index (χ0v) is 16.1. The number of carbonyl (C=O) groups is 2. The van der Waals surface area contributed by atoms with Crippen molar-refractivity contribution in [2.24, 2.45) is 0 Å². The van der Waals surface area contributed by atoms with E-state index in [0.717, 1.165) is 27.1 Å². The van der Waals surface area contributed by atoms with E-state index >= 15 is 0 Å². The lowest BCUT2D eigenvalue weighted by molar-refractivity contribution is -0.142. The standard InChI is InChI=1S/C25H21NO3/c1-29-25(28)22(15-17-9-3-2-4-10-17)26-24(27)23-20-13-7-5-11-18(20)16-19-12-6-8-14-21(19)23/h2-14,16,22H,15H2,1H3,(H,26,27)/t22-/m1/s1. The van der Waals surface area contributed by atoms with E-state index in [1.54, 1.807) is 0 Å². The molecule has 29 heavy (non-hydrogen) atoms. The zero-order valence-electron chi connectivity index (χ0n) is 16.1. The average Bonchev–Trinajstić information content (AvgIpc) is 2.77. The van der Waals surface area contributed by atoms with Gasteiger partial charge in [0.15, 0.2) is 0 Å². The maximum absolute atomic E-state index is 13.4. The normalized spacial score (nSPS) is 11.9. The van der Waals surface area contributed by atoms with E-state index in [4.69, 9.17) is 4.74 Å². The number of rotatable bonds is 5.